The first kappa shape index (κ1) is 15.9. The van der Waals surface area contributed by atoms with Crippen LogP contribution in [0.4, 0.5) is 11.4 Å². The minimum absolute atomic E-state index is 0.753. The molecule has 5 heteroatoms. The zero-order chi connectivity index (χ0) is 15.4. The summed E-state index contributed by atoms with van der Waals surface area (Å²) < 4.78 is 2.99. The minimum atomic E-state index is 0.753. The highest BCUT2D eigenvalue weighted by Crippen LogP contribution is 2.22. The van der Waals surface area contributed by atoms with Crippen molar-refractivity contribution in [2.45, 2.75) is 27.3 Å². The number of halogens is 1. The second kappa shape index (κ2) is 6.98. The van der Waals surface area contributed by atoms with Crippen LogP contribution in [0.25, 0.3) is 0 Å². The van der Waals surface area contributed by atoms with Gasteiger partial charge in [-0.3, -0.25) is 4.68 Å². The minimum Gasteiger partial charge on any atom is -0.379 e. The SMILES string of the molecule is CCN(CC)c1ccc(NCc2c(Br)c(C)nn2C)cc1. The monoisotopic (exact) mass is 350 g/mol. The zero-order valence-corrected chi connectivity index (χ0v) is 14.7. The molecule has 1 N–H and O–H groups in total. The predicted octanol–water partition coefficient (Wildman–Crippen LogP) is 3.95. The molecule has 0 saturated carbocycles. The van der Waals surface area contributed by atoms with Gasteiger partial charge in [0.25, 0.3) is 0 Å². The molecule has 0 bridgehead atoms. The van der Waals surface area contributed by atoms with Crippen molar-refractivity contribution < 1.29 is 0 Å². The average molecular weight is 351 g/mol. The summed E-state index contributed by atoms with van der Waals surface area (Å²) in [5, 5.41) is 7.85. The summed E-state index contributed by atoms with van der Waals surface area (Å²) in [6.07, 6.45) is 0. The number of nitrogens with zero attached hydrogens (tertiary/aromatic N) is 3. The van der Waals surface area contributed by atoms with E-state index >= 15 is 0 Å². The van der Waals surface area contributed by atoms with Crippen molar-refractivity contribution in [2.75, 3.05) is 23.3 Å². The maximum absolute atomic E-state index is 4.41. The second-order valence-electron chi connectivity index (χ2n) is 5.04. The van der Waals surface area contributed by atoms with Gasteiger partial charge in [0.05, 0.1) is 22.4 Å². The van der Waals surface area contributed by atoms with Crippen LogP contribution in [-0.2, 0) is 13.6 Å². The molecule has 0 radical (unpaired) electrons. The molecule has 21 heavy (non-hydrogen) atoms. The van der Waals surface area contributed by atoms with Gasteiger partial charge in [-0.2, -0.15) is 5.10 Å². The van der Waals surface area contributed by atoms with Crippen molar-refractivity contribution in [3.63, 3.8) is 0 Å². The number of rotatable bonds is 6. The van der Waals surface area contributed by atoms with Crippen LogP contribution in [0.5, 0.6) is 0 Å². The number of hydrogen-bond acceptors (Lipinski definition) is 3. The standard InChI is InChI=1S/C16H23BrN4/c1-5-21(6-2)14-9-7-13(8-10-14)18-11-15-16(17)12(3)19-20(15)4/h7-10,18H,5-6,11H2,1-4H3. The van der Waals surface area contributed by atoms with E-state index in [1.54, 1.807) is 0 Å². The van der Waals surface area contributed by atoms with Crippen molar-refractivity contribution in [3.05, 3.63) is 40.1 Å². The van der Waals surface area contributed by atoms with Gasteiger partial charge in [-0.25, -0.2) is 0 Å². The molecule has 0 fully saturated rings. The maximum atomic E-state index is 4.41. The van der Waals surface area contributed by atoms with E-state index in [1.807, 2.05) is 18.7 Å². The molecular weight excluding hydrogens is 328 g/mol. The number of hydrogen-bond donors (Lipinski definition) is 1. The largest absolute Gasteiger partial charge is 0.379 e. The zero-order valence-electron chi connectivity index (χ0n) is 13.2. The average Bonchev–Trinajstić information content (AvgIpc) is 2.73. The Morgan fingerprint density at radius 2 is 1.81 bits per heavy atom. The fraction of sp³-hybridized carbons (Fsp3) is 0.438. The molecule has 0 spiro atoms. The molecular formula is C16H23BrN4. The van der Waals surface area contributed by atoms with Crippen LogP contribution in [0.3, 0.4) is 0 Å². The summed E-state index contributed by atoms with van der Waals surface area (Å²) in [5.41, 5.74) is 4.56. The molecule has 0 atom stereocenters. The smallest absolute Gasteiger partial charge is 0.0739 e. The van der Waals surface area contributed by atoms with Crippen molar-refractivity contribution in [2.24, 2.45) is 7.05 Å². The van der Waals surface area contributed by atoms with Gasteiger partial charge >= 0.3 is 0 Å². The van der Waals surface area contributed by atoms with Crippen LogP contribution in [0.15, 0.2) is 28.7 Å². The summed E-state index contributed by atoms with van der Waals surface area (Å²) in [5.74, 6) is 0. The Morgan fingerprint density at radius 1 is 1.19 bits per heavy atom. The Hall–Kier alpha value is -1.49. The van der Waals surface area contributed by atoms with Gasteiger partial charge in [-0.15, -0.1) is 0 Å². The Balaban J connectivity index is 2.04. The van der Waals surface area contributed by atoms with Crippen molar-refractivity contribution in [1.29, 1.82) is 0 Å². The molecule has 0 unspecified atom stereocenters. The van der Waals surface area contributed by atoms with Gasteiger partial charge in [-0.1, -0.05) is 0 Å². The van der Waals surface area contributed by atoms with E-state index in [9.17, 15) is 0 Å². The number of benzene rings is 1. The first-order chi connectivity index (χ1) is 10.1. The molecule has 114 valence electrons. The summed E-state index contributed by atoms with van der Waals surface area (Å²) >= 11 is 3.59. The summed E-state index contributed by atoms with van der Waals surface area (Å²) in [7, 11) is 1.97. The van der Waals surface area contributed by atoms with Gasteiger partial charge in [0.1, 0.15) is 0 Å². The Kier molecular flexibility index (Phi) is 5.28. The van der Waals surface area contributed by atoms with Gasteiger partial charge in [0.2, 0.25) is 0 Å². The summed E-state index contributed by atoms with van der Waals surface area (Å²) in [6.45, 7) is 9.18. The molecule has 0 aliphatic rings. The van der Waals surface area contributed by atoms with Gasteiger partial charge in [0, 0.05) is 31.5 Å². The molecule has 1 aromatic carbocycles. The van der Waals surface area contributed by atoms with Crippen LogP contribution < -0.4 is 10.2 Å². The second-order valence-corrected chi connectivity index (χ2v) is 5.84. The van der Waals surface area contributed by atoms with Crippen molar-refractivity contribution in [3.8, 4) is 0 Å². The number of aryl methyl sites for hydroxylation is 2. The van der Waals surface area contributed by atoms with Crippen LogP contribution in [0.1, 0.15) is 25.2 Å². The summed E-state index contributed by atoms with van der Waals surface area (Å²) in [6, 6.07) is 8.59. The lowest BCUT2D eigenvalue weighted by molar-refractivity contribution is 0.712. The van der Waals surface area contributed by atoms with E-state index in [-0.39, 0.29) is 0 Å². The molecule has 0 aliphatic heterocycles. The molecule has 2 aromatic rings. The van der Waals surface area contributed by atoms with E-state index in [1.165, 1.54) is 5.69 Å². The molecule has 1 heterocycles. The van der Waals surface area contributed by atoms with E-state index in [0.29, 0.717) is 0 Å². The highest BCUT2D eigenvalue weighted by molar-refractivity contribution is 9.10. The van der Waals surface area contributed by atoms with E-state index in [2.05, 4.69) is 69.4 Å². The van der Waals surface area contributed by atoms with Crippen LogP contribution >= 0.6 is 15.9 Å². The molecule has 0 amide bonds. The molecule has 0 aliphatic carbocycles. The van der Waals surface area contributed by atoms with Crippen LogP contribution in [0.2, 0.25) is 0 Å². The number of nitrogens with one attached hydrogen (secondary N) is 1. The lowest BCUT2D eigenvalue weighted by Crippen LogP contribution is -2.21. The van der Waals surface area contributed by atoms with E-state index in [0.717, 1.165) is 41.2 Å². The Labute approximate surface area is 135 Å². The third-order valence-corrected chi connectivity index (χ3v) is 4.75. The molecule has 4 nitrogen and oxygen atoms in total. The number of anilines is 2. The highest BCUT2D eigenvalue weighted by Gasteiger charge is 2.10. The first-order valence-electron chi connectivity index (χ1n) is 7.33. The molecule has 1 aromatic heterocycles. The topological polar surface area (TPSA) is 33.1 Å². The number of aromatic nitrogens is 2. The van der Waals surface area contributed by atoms with Gasteiger partial charge < -0.3 is 10.2 Å². The van der Waals surface area contributed by atoms with Crippen molar-refractivity contribution >= 4 is 27.3 Å². The Bertz CT molecular complexity index is 585. The highest BCUT2D eigenvalue weighted by atomic mass is 79.9. The molecule has 0 saturated heterocycles. The lowest BCUT2D eigenvalue weighted by Gasteiger charge is -2.21. The van der Waals surface area contributed by atoms with E-state index < -0.39 is 0 Å². The Morgan fingerprint density at radius 3 is 2.29 bits per heavy atom. The fourth-order valence-electron chi connectivity index (χ4n) is 2.44. The van der Waals surface area contributed by atoms with Crippen molar-refractivity contribution in [1.82, 2.24) is 9.78 Å². The van der Waals surface area contributed by atoms with Gasteiger partial charge in [0.15, 0.2) is 0 Å². The maximum Gasteiger partial charge on any atom is 0.0739 e. The third kappa shape index (κ3) is 3.59. The first-order valence-corrected chi connectivity index (χ1v) is 8.13. The summed E-state index contributed by atoms with van der Waals surface area (Å²) in [4.78, 5) is 2.34. The third-order valence-electron chi connectivity index (χ3n) is 3.72. The van der Waals surface area contributed by atoms with Crippen LogP contribution in [0, 0.1) is 6.92 Å². The predicted molar refractivity (Wildman–Crippen MR) is 93.0 cm³/mol. The van der Waals surface area contributed by atoms with Gasteiger partial charge in [-0.05, 0) is 61.0 Å². The quantitative estimate of drug-likeness (QED) is 0.856. The fourth-order valence-corrected chi connectivity index (χ4v) is 2.91. The van der Waals surface area contributed by atoms with E-state index in [4.69, 9.17) is 0 Å². The lowest BCUT2D eigenvalue weighted by atomic mass is 10.2. The normalized spacial score (nSPS) is 10.7. The van der Waals surface area contributed by atoms with Crippen LogP contribution in [-0.4, -0.2) is 22.9 Å². The molecule has 2 rings (SSSR count).